The van der Waals surface area contributed by atoms with Crippen LogP contribution in [0.25, 0.3) is 11.0 Å². The van der Waals surface area contributed by atoms with Crippen molar-refractivity contribution in [2.45, 2.75) is 49.7 Å². The van der Waals surface area contributed by atoms with Gasteiger partial charge in [0.15, 0.2) is 0 Å². The molecule has 41 heavy (non-hydrogen) atoms. The lowest BCUT2D eigenvalue weighted by Gasteiger charge is -2.40. The van der Waals surface area contributed by atoms with Crippen LogP contribution in [0, 0.1) is 11.7 Å². The Balaban J connectivity index is 1.42. The van der Waals surface area contributed by atoms with Gasteiger partial charge >= 0.3 is 5.97 Å². The van der Waals surface area contributed by atoms with Crippen LogP contribution in [0.5, 0.6) is 0 Å². The number of anilines is 1. The number of benzene rings is 3. The summed E-state index contributed by atoms with van der Waals surface area (Å²) in [5.41, 5.74) is 1.33. The van der Waals surface area contributed by atoms with Gasteiger partial charge in [-0.25, -0.2) is 14.2 Å². The normalized spacial score (nSPS) is 25.3. The molecule has 3 aromatic carbocycles. The number of amides is 1. The van der Waals surface area contributed by atoms with Crippen molar-refractivity contribution in [1.29, 1.82) is 0 Å². The van der Waals surface area contributed by atoms with Crippen molar-refractivity contribution in [3.8, 4) is 0 Å². The number of carbonyl (C=O) groups excluding carboxylic acids is 1. The molecule has 4 aromatic rings. The number of halogens is 3. The number of carbonyl (C=O) groups is 2. The fourth-order valence-corrected chi connectivity index (χ4v) is 7.36. The minimum Gasteiger partial charge on any atom is -0.478 e. The van der Waals surface area contributed by atoms with Crippen molar-refractivity contribution in [2.24, 2.45) is 5.92 Å². The lowest BCUT2D eigenvalue weighted by atomic mass is 9.74. The molecule has 7 nitrogen and oxygen atoms in total. The summed E-state index contributed by atoms with van der Waals surface area (Å²) in [6.07, 6.45) is 2.15. The Morgan fingerprint density at radius 2 is 1.90 bits per heavy atom. The molecule has 1 aliphatic carbocycles. The van der Waals surface area contributed by atoms with E-state index in [4.69, 9.17) is 28.2 Å². The van der Waals surface area contributed by atoms with E-state index in [1.807, 2.05) is 11.5 Å². The number of rotatable bonds is 6. The standard InChI is InChI=1S/C31H27Cl2FN4O3/c1-31(30(41)35-19-5-2-4-18(32)13-19)26(20-6-3-7-21(33)27(20)34)25-24(38(31)14-16-8-9-16)15-37-23-12-17(29(39)40)10-11-22(23)36-28(25)37/h2-7,10-13,16,24-26H,8-9,14-15H2,1H3,(H,35,41)(H,39,40)/t24-,25+,26-,31+/m0/s1. The summed E-state index contributed by atoms with van der Waals surface area (Å²) < 4.78 is 18.0. The first-order valence-corrected chi connectivity index (χ1v) is 14.4. The average Bonchev–Trinajstić information content (AvgIpc) is 3.53. The molecule has 4 atom stereocenters. The maximum absolute atomic E-state index is 15.9. The zero-order valence-corrected chi connectivity index (χ0v) is 23.7. The number of hydrogen-bond acceptors (Lipinski definition) is 4. The molecule has 10 heteroatoms. The lowest BCUT2D eigenvalue weighted by molar-refractivity contribution is -0.127. The van der Waals surface area contributed by atoms with Gasteiger partial charge in [-0.1, -0.05) is 41.4 Å². The molecule has 2 fully saturated rings. The Hall–Kier alpha value is -3.46. The number of nitrogens with one attached hydrogen (secondary N) is 1. The van der Waals surface area contributed by atoms with Gasteiger partial charge in [0, 0.05) is 41.7 Å². The number of carboxylic acids is 1. The summed E-state index contributed by atoms with van der Waals surface area (Å²) in [5.74, 6) is -1.61. The second-order valence-electron chi connectivity index (χ2n) is 11.5. The summed E-state index contributed by atoms with van der Waals surface area (Å²) in [6, 6.07) is 16.6. The maximum atomic E-state index is 15.9. The molecule has 3 heterocycles. The molecule has 0 unspecified atom stereocenters. The molecular weight excluding hydrogens is 566 g/mol. The zero-order valence-electron chi connectivity index (χ0n) is 22.2. The van der Waals surface area contributed by atoms with Gasteiger partial charge in [0.05, 0.1) is 21.6 Å². The van der Waals surface area contributed by atoms with Gasteiger partial charge in [-0.15, -0.1) is 0 Å². The van der Waals surface area contributed by atoms with Crippen LogP contribution in [-0.4, -0.2) is 49.6 Å². The van der Waals surface area contributed by atoms with Crippen LogP contribution in [0.4, 0.5) is 10.1 Å². The van der Waals surface area contributed by atoms with Crippen LogP contribution in [-0.2, 0) is 11.3 Å². The van der Waals surface area contributed by atoms with Gasteiger partial charge in [0.2, 0.25) is 5.91 Å². The molecular formula is C31H27Cl2FN4O3. The number of fused-ring (bicyclic) bond motifs is 5. The maximum Gasteiger partial charge on any atom is 0.335 e. The Bertz CT molecular complexity index is 1740. The molecule has 1 saturated heterocycles. The Morgan fingerprint density at radius 3 is 2.63 bits per heavy atom. The average molecular weight is 593 g/mol. The fourth-order valence-electron chi connectivity index (χ4n) is 6.99. The van der Waals surface area contributed by atoms with Crippen LogP contribution in [0.3, 0.4) is 0 Å². The molecule has 1 amide bonds. The van der Waals surface area contributed by atoms with E-state index < -0.39 is 23.2 Å². The van der Waals surface area contributed by atoms with E-state index in [1.165, 1.54) is 12.1 Å². The quantitative estimate of drug-likeness (QED) is 0.265. The molecule has 0 spiro atoms. The molecule has 0 radical (unpaired) electrons. The Kier molecular flexibility index (Phi) is 6.15. The van der Waals surface area contributed by atoms with Gasteiger partial charge in [-0.05, 0) is 73.7 Å². The third-order valence-corrected chi connectivity index (χ3v) is 9.61. The van der Waals surface area contributed by atoms with E-state index in [2.05, 4.69) is 10.2 Å². The Morgan fingerprint density at radius 1 is 1.12 bits per heavy atom. The Labute approximate surface area is 245 Å². The van der Waals surface area contributed by atoms with Crippen LogP contribution in [0.15, 0.2) is 60.7 Å². The van der Waals surface area contributed by atoms with Gasteiger partial charge in [-0.2, -0.15) is 0 Å². The van der Waals surface area contributed by atoms with Crippen LogP contribution < -0.4 is 5.32 Å². The number of aromatic carboxylic acids is 1. The highest BCUT2D eigenvalue weighted by Gasteiger charge is 2.64. The third kappa shape index (κ3) is 4.15. The zero-order chi connectivity index (χ0) is 28.6. The molecule has 0 bridgehead atoms. The predicted molar refractivity (Wildman–Crippen MR) is 155 cm³/mol. The van der Waals surface area contributed by atoms with Crippen LogP contribution >= 0.6 is 23.2 Å². The molecule has 7 rings (SSSR count). The first-order chi connectivity index (χ1) is 19.7. The van der Waals surface area contributed by atoms with Crippen molar-refractivity contribution in [1.82, 2.24) is 14.5 Å². The summed E-state index contributed by atoms with van der Waals surface area (Å²) in [7, 11) is 0. The minimum absolute atomic E-state index is 0.00473. The number of likely N-dealkylation sites (tertiary alicyclic amines) is 1. The second-order valence-corrected chi connectivity index (χ2v) is 12.4. The fraction of sp³-hybridized carbons (Fsp3) is 0.323. The highest BCUT2D eigenvalue weighted by atomic mass is 35.5. The van der Waals surface area contributed by atoms with E-state index in [0.717, 1.165) is 24.2 Å². The van der Waals surface area contributed by atoms with Crippen LogP contribution in [0.1, 0.15) is 53.3 Å². The summed E-state index contributed by atoms with van der Waals surface area (Å²) >= 11 is 12.5. The molecule has 1 aromatic heterocycles. The molecule has 3 aliphatic rings. The molecule has 210 valence electrons. The SMILES string of the molecule is C[C@]1(C(=O)Nc2cccc(Cl)c2)[C@@H](c2cccc(Cl)c2F)[C@@H]2c3nc4ccc(C(=O)O)cc4n3C[C@@H]2N1CC1CC1. The monoisotopic (exact) mass is 592 g/mol. The molecule has 2 aliphatic heterocycles. The minimum atomic E-state index is -1.15. The summed E-state index contributed by atoms with van der Waals surface area (Å²) in [6.45, 7) is 3.08. The van der Waals surface area contributed by atoms with Gasteiger partial charge in [0.25, 0.3) is 0 Å². The van der Waals surface area contributed by atoms with Gasteiger partial charge < -0.3 is 15.0 Å². The van der Waals surface area contributed by atoms with Gasteiger partial charge in [-0.3, -0.25) is 9.69 Å². The van der Waals surface area contributed by atoms with E-state index in [9.17, 15) is 14.7 Å². The number of carboxylic acid groups (broad SMARTS) is 1. The van der Waals surface area contributed by atoms with Crippen molar-refractivity contribution < 1.29 is 19.1 Å². The van der Waals surface area contributed by atoms with Crippen molar-refractivity contribution in [3.63, 3.8) is 0 Å². The largest absolute Gasteiger partial charge is 0.478 e. The highest BCUT2D eigenvalue weighted by Crippen LogP contribution is 2.58. The predicted octanol–water partition coefficient (Wildman–Crippen LogP) is 6.55. The van der Waals surface area contributed by atoms with E-state index >= 15 is 4.39 Å². The van der Waals surface area contributed by atoms with Crippen molar-refractivity contribution in [3.05, 3.63) is 93.5 Å². The van der Waals surface area contributed by atoms with E-state index in [-0.39, 0.29) is 28.5 Å². The number of imidazole rings is 1. The van der Waals surface area contributed by atoms with Crippen molar-refractivity contribution >= 4 is 51.8 Å². The topological polar surface area (TPSA) is 87.5 Å². The number of aromatic nitrogens is 2. The number of hydrogen-bond donors (Lipinski definition) is 2. The third-order valence-electron chi connectivity index (χ3n) is 9.08. The summed E-state index contributed by atoms with van der Waals surface area (Å²) in [4.78, 5) is 33.4. The molecule has 1 saturated carbocycles. The summed E-state index contributed by atoms with van der Waals surface area (Å²) in [5, 5.41) is 13.2. The van der Waals surface area contributed by atoms with E-state index in [1.54, 1.807) is 48.5 Å². The van der Waals surface area contributed by atoms with Crippen molar-refractivity contribution in [2.75, 3.05) is 11.9 Å². The number of nitrogens with zero attached hydrogens (tertiary/aromatic N) is 3. The molecule has 2 N–H and O–H groups in total. The smallest absolute Gasteiger partial charge is 0.335 e. The van der Waals surface area contributed by atoms with E-state index in [0.29, 0.717) is 40.8 Å². The van der Waals surface area contributed by atoms with Gasteiger partial charge in [0.1, 0.15) is 17.2 Å². The first kappa shape index (κ1) is 26.4. The lowest BCUT2D eigenvalue weighted by Crippen LogP contribution is -2.56. The first-order valence-electron chi connectivity index (χ1n) is 13.7. The van der Waals surface area contributed by atoms with Crippen LogP contribution in [0.2, 0.25) is 10.0 Å². The highest BCUT2D eigenvalue weighted by molar-refractivity contribution is 6.31. The second kappa shape index (κ2) is 9.54.